The molecule has 0 bridgehead atoms. The molecule has 4 aromatic rings. The molecule has 3 heteroatoms. The van der Waals surface area contributed by atoms with Gasteiger partial charge in [-0.1, -0.05) is 78.0 Å². The topological polar surface area (TPSA) is 7.12 Å². The fourth-order valence-electron chi connectivity index (χ4n) is 4.32. The van der Waals surface area contributed by atoms with Gasteiger partial charge in [0, 0.05) is 29.0 Å². The van der Waals surface area contributed by atoms with Gasteiger partial charge < -0.3 is 4.90 Å². The Bertz CT molecular complexity index is 1410. The first-order valence-electron chi connectivity index (χ1n) is 11.1. The third kappa shape index (κ3) is 3.74. The lowest BCUT2D eigenvalue weighted by Gasteiger charge is -2.19. The predicted octanol–water partition coefficient (Wildman–Crippen LogP) is 7.25. The Labute approximate surface area is 194 Å². The minimum Gasteiger partial charge on any atom is -0.335 e. The molecule has 0 radical (unpaired) electrons. The van der Waals surface area contributed by atoms with Gasteiger partial charge in [-0.05, 0) is 43.0 Å². The Morgan fingerprint density at radius 2 is 1.75 bits per heavy atom. The molecule has 5 rings (SSSR count). The molecule has 0 unspecified atom stereocenters. The summed E-state index contributed by atoms with van der Waals surface area (Å²) in [6, 6.07) is 23.9. The number of thioether (sulfide) groups is 1. The fourth-order valence-corrected chi connectivity index (χ4v) is 5.47. The van der Waals surface area contributed by atoms with E-state index in [1.165, 1.54) is 48.4 Å². The molecule has 2 nitrogen and oxygen atoms in total. The molecule has 0 saturated heterocycles. The maximum atomic E-state index is 2.43. The summed E-state index contributed by atoms with van der Waals surface area (Å²) in [5.74, 6) is 0. The highest BCUT2D eigenvalue weighted by Crippen LogP contribution is 2.49. The zero-order valence-electron chi connectivity index (χ0n) is 18.7. The van der Waals surface area contributed by atoms with Crippen LogP contribution < -0.4 is 9.47 Å². The van der Waals surface area contributed by atoms with E-state index in [-0.39, 0.29) is 0 Å². The number of nitrogens with zero attached hydrogens (tertiary/aromatic N) is 2. The molecule has 2 heterocycles. The molecule has 0 aliphatic carbocycles. The highest BCUT2D eigenvalue weighted by atomic mass is 32.2. The maximum absolute atomic E-state index is 2.43. The van der Waals surface area contributed by atoms with Gasteiger partial charge >= 0.3 is 0 Å². The van der Waals surface area contributed by atoms with Crippen molar-refractivity contribution in [3.63, 3.8) is 0 Å². The van der Waals surface area contributed by atoms with Crippen molar-refractivity contribution in [1.29, 1.82) is 0 Å². The Morgan fingerprint density at radius 3 is 2.59 bits per heavy atom. The molecule has 0 fully saturated rings. The molecule has 1 aliphatic rings. The van der Waals surface area contributed by atoms with Crippen LogP contribution in [0.4, 0.5) is 5.69 Å². The molecular formula is C29H27N2S+. The lowest BCUT2D eigenvalue weighted by Crippen LogP contribution is -2.28. The van der Waals surface area contributed by atoms with Crippen LogP contribution in [0.15, 0.2) is 107 Å². The van der Waals surface area contributed by atoms with Crippen LogP contribution in [0.25, 0.3) is 27.8 Å². The minimum atomic E-state index is 0.954. The standard InChI is InChI=1S/C29H27N2S/c1-4-31-28(32-27-17-16-22-9-5-6-11-25(22)29(27)31)18-14-21(2)13-15-23-19-20-30(3)26-12-8-7-10-24(23)26/h5-20H,4H2,1-3H3/q+1. The number of para-hydroxylation sites is 1. The average Bonchev–Trinajstić information content (AvgIpc) is 3.20. The lowest BCUT2D eigenvalue weighted by atomic mass is 10.1. The van der Waals surface area contributed by atoms with E-state index in [1.807, 2.05) is 11.8 Å². The van der Waals surface area contributed by atoms with Crippen molar-refractivity contribution in [2.45, 2.75) is 18.7 Å². The number of fused-ring (bicyclic) bond motifs is 4. The second kappa shape index (κ2) is 8.68. The first-order chi connectivity index (χ1) is 15.7. The quantitative estimate of drug-likeness (QED) is 0.246. The van der Waals surface area contributed by atoms with Gasteiger partial charge in [0.15, 0.2) is 6.20 Å². The number of pyridine rings is 1. The molecule has 0 saturated carbocycles. The molecule has 0 atom stereocenters. The predicted molar refractivity (Wildman–Crippen MR) is 139 cm³/mol. The monoisotopic (exact) mass is 435 g/mol. The van der Waals surface area contributed by atoms with Crippen LogP contribution >= 0.6 is 11.8 Å². The molecule has 0 amide bonds. The van der Waals surface area contributed by atoms with E-state index in [1.54, 1.807) is 0 Å². The fraction of sp³-hybridized carbons (Fsp3) is 0.138. The Balaban J connectivity index is 1.44. The van der Waals surface area contributed by atoms with Crippen LogP contribution in [0.2, 0.25) is 0 Å². The second-order valence-corrected chi connectivity index (χ2v) is 9.19. The summed E-state index contributed by atoms with van der Waals surface area (Å²) >= 11 is 1.86. The number of rotatable bonds is 4. The van der Waals surface area contributed by atoms with Crippen molar-refractivity contribution in [3.05, 3.63) is 107 Å². The number of anilines is 1. The van der Waals surface area contributed by atoms with Crippen LogP contribution in [-0.2, 0) is 7.05 Å². The largest absolute Gasteiger partial charge is 0.335 e. The van der Waals surface area contributed by atoms with E-state index in [4.69, 9.17) is 0 Å². The zero-order chi connectivity index (χ0) is 22.1. The smallest absolute Gasteiger partial charge is 0.212 e. The number of allylic oxidation sites excluding steroid dienone is 4. The summed E-state index contributed by atoms with van der Waals surface area (Å²) in [6.07, 6.45) is 11.0. The van der Waals surface area contributed by atoms with Gasteiger partial charge in [-0.15, -0.1) is 0 Å². The van der Waals surface area contributed by atoms with Crippen molar-refractivity contribution < 1.29 is 4.57 Å². The molecule has 0 spiro atoms. The van der Waals surface area contributed by atoms with Crippen LogP contribution in [0.3, 0.4) is 0 Å². The lowest BCUT2D eigenvalue weighted by molar-refractivity contribution is -0.644. The van der Waals surface area contributed by atoms with E-state index in [9.17, 15) is 0 Å². The summed E-state index contributed by atoms with van der Waals surface area (Å²) in [6.45, 7) is 5.34. The van der Waals surface area contributed by atoms with Gasteiger partial charge in [0.25, 0.3) is 0 Å². The van der Waals surface area contributed by atoms with Crippen molar-refractivity contribution in [3.8, 4) is 0 Å². The van der Waals surface area contributed by atoms with Gasteiger partial charge in [-0.25, -0.2) is 4.57 Å². The number of aryl methyl sites for hydroxylation is 1. The van der Waals surface area contributed by atoms with Crippen LogP contribution in [0, 0.1) is 0 Å². The molecule has 1 aliphatic heterocycles. The Hall–Kier alpha value is -3.30. The van der Waals surface area contributed by atoms with Crippen molar-refractivity contribution in [1.82, 2.24) is 0 Å². The van der Waals surface area contributed by atoms with Gasteiger partial charge in [-0.2, -0.15) is 0 Å². The number of hydrogen-bond acceptors (Lipinski definition) is 2. The van der Waals surface area contributed by atoms with Crippen LogP contribution in [-0.4, -0.2) is 6.54 Å². The van der Waals surface area contributed by atoms with Crippen molar-refractivity contribution >= 4 is 45.2 Å². The Morgan fingerprint density at radius 1 is 0.969 bits per heavy atom. The summed E-state index contributed by atoms with van der Waals surface area (Å²) < 4.78 is 2.16. The van der Waals surface area contributed by atoms with Gasteiger partial charge in [-0.3, -0.25) is 0 Å². The molecule has 158 valence electrons. The van der Waals surface area contributed by atoms with Crippen molar-refractivity contribution in [2.24, 2.45) is 7.05 Å². The van der Waals surface area contributed by atoms with Crippen molar-refractivity contribution in [2.75, 3.05) is 11.4 Å². The van der Waals surface area contributed by atoms with Gasteiger partial charge in [0.05, 0.1) is 16.1 Å². The molecule has 3 aromatic carbocycles. The average molecular weight is 436 g/mol. The first kappa shape index (κ1) is 20.6. The third-order valence-electron chi connectivity index (χ3n) is 6.02. The normalized spacial score (nSPS) is 15.4. The maximum Gasteiger partial charge on any atom is 0.212 e. The minimum absolute atomic E-state index is 0.954. The number of benzene rings is 3. The van der Waals surface area contributed by atoms with E-state index < -0.39 is 0 Å². The molecule has 1 aromatic heterocycles. The number of aromatic nitrogens is 1. The molecular weight excluding hydrogens is 408 g/mol. The van der Waals surface area contributed by atoms with Crippen LogP contribution in [0.1, 0.15) is 19.4 Å². The molecule has 0 N–H and O–H groups in total. The zero-order valence-corrected chi connectivity index (χ0v) is 19.6. The summed E-state index contributed by atoms with van der Waals surface area (Å²) in [4.78, 5) is 3.77. The summed E-state index contributed by atoms with van der Waals surface area (Å²) in [5.41, 5.74) is 5.05. The van der Waals surface area contributed by atoms with Gasteiger partial charge in [0.2, 0.25) is 5.52 Å². The van der Waals surface area contributed by atoms with Crippen LogP contribution in [0.5, 0.6) is 0 Å². The molecule has 32 heavy (non-hydrogen) atoms. The SMILES string of the molecule is CCN1C(=CC=C(C)C=Cc2cc[n+](C)c3ccccc23)Sc2ccc3ccccc3c21. The number of hydrogen-bond donors (Lipinski definition) is 0. The second-order valence-electron chi connectivity index (χ2n) is 8.13. The highest BCUT2D eigenvalue weighted by Gasteiger charge is 2.25. The summed E-state index contributed by atoms with van der Waals surface area (Å²) in [5, 5.41) is 5.17. The Kier molecular flexibility index (Phi) is 5.59. The highest BCUT2D eigenvalue weighted by molar-refractivity contribution is 8.03. The van der Waals surface area contributed by atoms with E-state index >= 15 is 0 Å². The van der Waals surface area contributed by atoms with Gasteiger partial charge in [0.1, 0.15) is 7.05 Å². The van der Waals surface area contributed by atoms with E-state index in [2.05, 4.69) is 128 Å². The van der Waals surface area contributed by atoms with E-state index in [0.29, 0.717) is 0 Å². The van der Waals surface area contributed by atoms with E-state index in [0.717, 1.165) is 6.54 Å². The third-order valence-corrected chi connectivity index (χ3v) is 7.13. The first-order valence-corrected chi connectivity index (χ1v) is 11.9. The summed E-state index contributed by atoms with van der Waals surface area (Å²) in [7, 11) is 2.09.